The SMILES string of the molecule is CCC[n+]1ccc(-c2nc3c(Cl)cccc3s2)cc1. The molecule has 0 N–H and O–H groups in total. The van der Waals surface area contributed by atoms with Crippen LogP contribution in [0.15, 0.2) is 42.7 Å². The Kier molecular flexibility index (Phi) is 3.49. The predicted molar refractivity (Wildman–Crippen MR) is 80.6 cm³/mol. The predicted octanol–water partition coefficient (Wildman–Crippen LogP) is 4.31. The molecule has 0 amide bonds. The average molecular weight is 290 g/mol. The van der Waals surface area contributed by atoms with Gasteiger partial charge in [-0.15, -0.1) is 11.3 Å². The maximum absolute atomic E-state index is 6.16. The number of hydrogen-bond donors (Lipinski definition) is 0. The Hall–Kier alpha value is -1.45. The molecule has 0 atom stereocenters. The monoisotopic (exact) mass is 289 g/mol. The van der Waals surface area contributed by atoms with Crippen LogP contribution in [-0.4, -0.2) is 4.98 Å². The van der Waals surface area contributed by atoms with Gasteiger partial charge in [0.2, 0.25) is 0 Å². The van der Waals surface area contributed by atoms with Gasteiger partial charge < -0.3 is 0 Å². The van der Waals surface area contributed by atoms with Crippen molar-refractivity contribution in [1.82, 2.24) is 4.98 Å². The molecule has 19 heavy (non-hydrogen) atoms. The lowest BCUT2D eigenvalue weighted by Gasteiger charge is -1.95. The number of halogens is 1. The van der Waals surface area contributed by atoms with Crippen LogP contribution in [0.5, 0.6) is 0 Å². The van der Waals surface area contributed by atoms with E-state index >= 15 is 0 Å². The van der Waals surface area contributed by atoms with Gasteiger partial charge in [-0.05, 0) is 12.1 Å². The fourth-order valence-electron chi connectivity index (χ4n) is 2.05. The normalized spacial score (nSPS) is 11.1. The van der Waals surface area contributed by atoms with Crippen LogP contribution in [-0.2, 0) is 6.54 Å². The molecular weight excluding hydrogens is 276 g/mol. The second-order valence-corrected chi connectivity index (χ2v) is 5.87. The molecule has 0 fully saturated rings. The Balaban J connectivity index is 2.01. The summed E-state index contributed by atoms with van der Waals surface area (Å²) in [6, 6.07) is 10.1. The summed E-state index contributed by atoms with van der Waals surface area (Å²) in [4.78, 5) is 4.64. The number of nitrogens with zero attached hydrogens (tertiary/aromatic N) is 2. The summed E-state index contributed by atoms with van der Waals surface area (Å²) in [6.07, 6.45) is 5.35. The van der Waals surface area contributed by atoms with Crippen molar-refractivity contribution in [3.63, 3.8) is 0 Å². The number of benzene rings is 1. The van der Waals surface area contributed by atoms with E-state index < -0.39 is 0 Å². The Labute approximate surface area is 121 Å². The maximum atomic E-state index is 6.16. The van der Waals surface area contributed by atoms with Crippen LogP contribution >= 0.6 is 22.9 Å². The van der Waals surface area contributed by atoms with Crippen molar-refractivity contribution >= 4 is 33.2 Å². The van der Waals surface area contributed by atoms with Crippen LogP contribution < -0.4 is 4.57 Å². The van der Waals surface area contributed by atoms with Crippen molar-refractivity contribution in [2.45, 2.75) is 19.9 Å². The molecule has 0 unspecified atom stereocenters. The van der Waals surface area contributed by atoms with E-state index in [0.717, 1.165) is 38.8 Å². The van der Waals surface area contributed by atoms with Crippen LogP contribution in [0.3, 0.4) is 0 Å². The van der Waals surface area contributed by atoms with Crippen molar-refractivity contribution in [2.75, 3.05) is 0 Å². The number of rotatable bonds is 3. The number of fused-ring (bicyclic) bond motifs is 1. The van der Waals surface area contributed by atoms with Gasteiger partial charge in [0.15, 0.2) is 12.4 Å². The fraction of sp³-hybridized carbons (Fsp3) is 0.200. The zero-order chi connectivity index (χ0) is 13.2. The first-order valence-corrected chi connectivity index (χ1v) is 7.52. The highest BCUT2D eigenvalue weighted by Gasteiger charge is 2.09. The summed E-state index contributed by atoms with van der Waals surface area (Å²) in [5.41, 5.74) is 2.04. The standard InChI is InChI=1S/C15H14ClN2S/c1-2-8-18-9-6-11(7-10-18)15-17-14-12(16)4-3-5-13(14)19-15/h3-7,9-10H,2,8H2,1H3/q+1. The Morgan fingerprint density at radius 2 is 2.00 bits per heavy atom. The van der Waals surface area contributed by atoms with Crippen LogP contribution in [0.1, 0.15) is 13.3 Å². The van der Waals surface area contributed by atoms with Crippen LogP contribution in [0.4, 0.5) is 0 Å². The molecule has 0 saturated heterocycles. The molecule has 3 rings (SSSR count). The minimum absolute atomic E-state index is 0.719. The third-order valence-electron chi connectivity index (χ3n) is 2.99. The molecule has 3 aromatic rings. The second kappa shape index (κ2) is 5.27. The number of aromatic nitrogens is 2. The average Bonchev–Trinajstić information content (AvgIpc) is 2.85. The fourth-order valence-corrected chi connectivity index (χ4v) is 3.32. The lowest BCUT2D eigenvalue weighted by atomic mass is 10.3. The van der Waals surface area contributed by atoms with E-state index in [4.69, 9.17) is 11.6 Å². The van der Waals surface area contributed by atoms with E-state index in [1.165, 1.54) is 0 Å². The van der Waals surface area contributed by atoms with Crippen LogP contribution in [0.25, 0.3) is 20.8 Å². The van der Waals surface area contributed by atoms with Crippen LogP contribution in [0, 0.1) is 0 Å². The zero-order valence-electron chi connectivity index (χ0n) is 10.6. The van der Waals surface area contributed by atoms with Gasteiger partial charge >= 0.3 is 0 Å². The van der Waals surface area contributed by atoms with Crippen molar-refractivity contribution in [2.24, 2.45) is 0 Å². The van der Waals surface area contributed by atoms with E-state index in [0.29, 0.717) is 0 Å². The topological polar surface area (TPSA) is 16.8 Å². The zero-order valence-corrected chi connectivity index (χ0v) is 12.2. The number of hydrogen-bond acceptors (Lipinski definition) is 2. The van der Waals surface area contributed by atoms with Crippen molar-refractivity contribution in [1.29, 1.82) is 0 Å². The molecule has 2 aromatic heterocycles. The molecule has 96 valence electrons. The van der Waals surface area contributed by atoms with E-state index in [2.05, 4.69) is 47.1 Å². The molecular formula is C15H14ClN2S+. The van der Waals surface area contributed by atoms with Gasteiger partial charge in [-0.1, -0.05) is 24.6 Å². The molecule has 0 saturated carbocycles. The van der Waals surface area contributed by atoms with Gasteiger partial charge in [0.1, 0.15) is 17.1 Å². The lowest BCUT2D eigenvalue weighted by Crippen LogP contribution is -2.31. The largest absolute Gasteiger partial charge is 0.234 e. The summed E-state index contributed by atoms with van der Waals surface area (Å²) in [5, 5.41) is 1.74. The molecule has 0 spiro atoms. The minimum Gasteiger partial charge on any atom is -0.234 e. The highest BCUT2D eigenvalue weighted by Crippen LogP contribution is 2.32. The summed E-state index contributed by atoms with van der Waals surface area (Å²) in [5.74, 6) is 0. The number of para-hydroxylation sites is 1. The number of thiazole rings is 1. The summed E-state index contributed by atoms with van der Waals surface area (Å²) in [6.45, 7) is 3.22. The summed E-state index contributed by atoms with van der Waals surface area (Å²) in [7, 11) is 0. The molecule has 0 aliphatic carbocycles. The van der Waals surface area contributed by atoms with E-state index in [9.17, 15) is 0 Å². The highest BCUT2D eigenvalue weighted by molar-refractivity contribution is 7.21. The van der Waals surface area contributed by atoms with E-state index in [1.54, 1.807) is 11.3 Å². The molecule has 0 aliphatic heterocycles. The van der Waals surface area contributed by atoms with Gasteiger partial charge in [-0.2, -0.15) is 0 Å². The smallest absolute Gasteiger partial charge is 0.169 e. The second-order valence-electron chi connectivity index (χ2n) is 4.43. The molecule has 0 radical (unpaired) electrons. The first kappa shape index (κ1) is 12.6. The summed E-state index contributed by atoms with van der Waals surface area (Å²) >= 11 is 7.84. The first-order chi connectivity index (χ1) is 9.28. The quantitative estimate of drug-likeness (QED) is 0.656. The molecule has 2 nitrogen and oxygen atoms in total. The number of aryl methyl sites for hydroxylation is 1. The molecule has 0 aliphatic rings. The van der Waals surface area contributed by atoms with Gasteiger partial charge in [-0.3, -0.25) is 0 Å². The van der Waals surface area contributed by atoms with Gasteiger partial charge in [0.25, 0.3) is 0 Å². The first-order valence-electron chi connectivity index (χ1n) is 6.32. The Morgan fingerprint density at radius 1 is 1.21 bits per heavy atom. The van der Waals surface area contributed by atoms with E-state index in [1.807, 2.05) is 12.1 Å². The number of pyridine rings is 1. The van der Waals surface area contributed by atoms with Gasteiger partial charge in [-0.25, -0.2) is 9.55 Å². The van der Waals surface area contributed by atoms with Gasteiger partial charge in [0.05, 0.1) is 9.72 Å². The Bertz CT molecular complexity index is 704. The third kappa shape index (κ3) is 2.48. The molecule has 1 aromatic carbocycles. The van der Waals surface area contributed by atoms with Crippen molar-refractivity contribution in [3.8, 4) is 10.6 Å². The van der Waals surface area contributed by atoms with E-state index in [-0.39, 0.29) is 0 Å². The minimum atomic E-state index is 0.719. The highest BCUT2D eigenvalue weighted by atomic mass is 35.5. The molecule has 0 bridgehead atoms. The van der Waals surface area contributed by atoms with Crippen molar-refractivity contribution in [3.05, 3.63) is 47.7 Å². The molecule has 2 heterocycles. The Morgan fingerprint density at radius 3 is 2.68 bits per heavy atom. The summed E-state index contributed by atoms with van der Waals surface area (Å²) < 4.78 is 3.32. The van der Waals surface area contributed by atoms with Crippen molar-refractivity contribution < 1.29 is 4.57 Å². The molecule has 4 heteroatoms. The lowest BCUT2D eigenvalue weighted by molar-refractivity contribution is -0.696. The third-order valence-corrected chi connectivity index (χ3v) is 4.36. The van der Waals surface area contributed by atoms with Gasteiger partial charge in [0, 0.05) is 24.1 Å². The maximum Gasteiger partial charge on any atom is 0.169 e. The van der Waals surface area contributed by atoms with Crippen LogP contribution in [0.2, 0.25) is 5.02 Å².